The highest BCUT2D eigenvalue weighted by Gasteiger charge is 2.16. The van der Waals surface area contributed by atoms with Crippen LogP contribution in [-0.2, 0) is 0 Å². The number of benzene rings is 1. The molecule has 0 spiro atoms. The molecule has 1 saturated heterocycles. The summed E-state index contributed by atoms with van der Waals surface area (Å²) in [5, 5.41) is 10.8. The van der Waals surface area contributed by atoms with Crippen molar-refractivity contribution in [3.05, 3.63) is 40.3 Å². The van der Waals surface area contributed by atoms with E-state index in [4.69, 9.17) is 0 Å². The van der Waals surface area contributed by atoms with Crippen LogP contribution in [0.15, 0.2) is 29.1 Å². The Morgan fingerprint density at radius 1 is 1.27 bits per heavy atom. The van der Waals surface area contributed by atoms with Crippen molar-refractivity contribution in [2.24, 2.45) is 5.92 Å². The minimum absolute atomic E-state index is 0.226. The Kier molecular flexibility index (Phi) is 4.09. The predicted octanol–water partition coefficient (Wildman–Crippen LogP) is 2.45. The third kappa shape index (κ3) is 3.27. The van der Waals surface area contributed by atoms with Crippen LogP contribution in [0.2, 0.25) is 0 Å². The minimum atomic E-state index is -0.226. The predicted molar refractivity (Wildman–Crippen MR) is 87.7 cm³/mol. The molecule has 0 radical (unpaired) electrons. The number of H-pyrrole nitrogens is 1. The third-order valence-electron chi connectivity index (χ3n) is 4.01. The maximum absolute atomic E-state index is 11.5. The Morgan fingerprint density at radius 3 is 2.73 bits per heavy atom. The molecule has 0 bridgehead atoms. The molecule has 22 heavy (non-hydrogen) atoms. The summed E-state index contributed by atoms with van der Waals surface area (Å²) in [6, 6.07) is 8.18. The van der Waals surface area contributed by atoms with Gasteiger partial charge in [-0.2, -0.15) is 0 Å². The highest BCUT2D eigenvalue weighted by molar-refractivity contribution is 5.59. The van der Waals surface area contributed by atoms with Crippen molar-refractivity contribution in [3.63, 3.8) is 0 Å². The van der Waals surface area contributed by atoms with Gasteiger partial charge in [0.1, 0.15) is 5.69 Å². The third-order valence-corrected chi connectivity index (χ3v) is 4.01. The monoisotopic (exact) mass is 299 g/mol. The van der Waals surface area contributed by atoms with Crippen LogP contribution >= 0.6 is 0 Å². The standard InChI is InChI=1S/C16H21N5O/c1-11-4-3-9-21(10-11)14-7-5-13(6-8-14)17-16-18-15(22)12(2)19-20-16/h5-8,11H,3-4,9-10H2,1-2H3,(H2,17,18,20,22). The molecule has 0 aliphatic carbocycles. The minimum Gasteiger partial charge on any atom is -0.371 e. The van der Waals surface area contributed by atoms with Gasteiger partial charge in [-0.25, -0.2) is 0 Å². The second-order valence-electron chi connectivity index (χ2n) is 5.95. The molecule has 1 aromatic heterocycles. The van der Waals surface area contributed by atoms with Gasteiger partial charge in [-0.15, -0.1) is 10.2 Å². The van der Waals surface area contributed by atoms with Gasteiger partial charge in [-0.05, 0) is 49.9 Å². The van der Waals surface area contributed by atoms with E-state index in [0.717, 1.165) is 24.7 Å². The van der Waals surface area contributed by atoms with Crippen LogP contribution in [0.25, 0.3) is 0 Å². The summed E-state index contributed by atoms with van der Waals surface area (Å²) in [6.07, 6.45) is 2.57. The molecule has 116 valence electrons. The molecule has 6 nitrogen and oxygen atoms in total. The average molecular weight is 299 g/mol. The van der Waals surface area contributed by atoms with E-state index in [1.54, 1.807) is 6.92 Å². The first-order valence-electron chi connectivity index (χ1n) is 7.67. The van der Waals surface area contributed by atoms with Gasteiger partial charge in [-0.3, -0.25) is 9.78 Å². The van der Waals surface area contributed by atoms with Crippen molar-refractivity contribution in [1.29, 1.82) is 0 Å². The molecule has 1 unspecified atom stereocenters. The number of piperidine rings is 1. The maximum atomic E-state index is 11.5. The Bertz CT molecular complexity index is 694. The summed E-state index contributed by atoms with van der Waals surface area (Å²) in [6.45, 7) is 6.16. The quantitative estimate of drug-likeness (QED) is 0.910. The van der Waals surface area contributed by atoms with Crippen LogP contribution in [0.4, 0.5) is 17.3 Å². The van der Waals surface area contributed by atoms with Gasteiger partial charge in [0, 0.05) is 24.5 Å². The average Bonchev–Trinajstić information content (AvgIpc) is 2.52. The van der Waals surface area contributed by atoms with E-state index in [-0.39, 0.29) is 5.56 Å². The van der Waals surface area contributed by atoms with Crippen molar-refractivity contribution in [3.8, 4) is 0 Å². The second kappa shape index (κ2) is 6.17. The number of nitrogens with one attached hydrogen (secondary N) is 2. The maximum Gasteiger partial charge on any atom is 0.273 e. The number of hydrogen-bond donors (Lipinski definition) is 2. The summed E-state index contributed by atoms with van der Waals surface area (Å²) in [5.41, 5.74) is 2.25. The largest absolute Gasteiger partial charge is 0.371 e. The van der Waals surface area contributed by atoms with Crippen molar-refractivity contribution in [2.75, 3.05) is 23.3 Å². The van der Waals surface area contributed by atoms with Crippen molar-refractivity contribution in [2.45, 2.75) is 26.7 Å². The molecular weight excluding hydrogens is 278 g/mol. The lowest BCUT2D eigenvalue weighted by molar-refractivity contribution is 0.447. The van der Waals surface area contributed by atoms with E-state index in [2.05, 4.69) is 44.5 Å². The van der Waals surface area contributed by atoms with Gasteiger partial charge >= 0.3 is 0 Å². The Labute approximate surface area is 129 Å². The fraction of sp³-hybridized carbons (Fsp3) is 0.438. The molecule has 1 atom stereocenters. The second-order valence-corrected chi connectivity index (χ2v) is 5.95. The van der Waals surface area contributed by atoms with Gasteiger partial charge < -0.3 is 10.2 Å². The van der Waals surface area contributed by atoms with Crippen LogP contribution in [0.5, 0.6) is 0 Å². The van der Waals surface area contributed by atoms with E-state index < -0.39 is 0 Å². The molecule has 0 saturated carbocycles. The first-order valence-corrected chi connectivity index (χ1v) is 7.67. The fourth-order valence-electron chi connectivity index (χ4n) is 2.77. The molecule has 1 aliphatic rings. The van der Waals surface area contributed by atoms with Crippen LogP contribution in [0, 0.1) is 12.8 Å². The first-order chi connectivity index (χ1) is 10.6. The van der Waals surface area contributed by atoms with Crippen LogP contribution < -0.4 is 15.8 Å². The zero-order valence-electron chi connectivity index (χ0n) is 13.0. The van der Waals surface area contributed by atoms with E-state index in [0.29, 0.717) is 11.6 Å². The summed E-state index contributed by atoms with van der Waals surface area (Å²) in [7, 11) is 0. The van der Waals surface area contributed by atoms with E-state index in [1.165, 1.54) is 18.5 Å². The van der Waals surface area contributed by atoms with Crippen LogP contribution in [-0.4, -0.2) is 28.3 Å². The lowest BCUT2D eigenvalue weighted by Crippen LogP contribution is -2.34. The lowest BCUT2D eigenvalue weighted by Gasteiger charge is -2.32. The number of aromatic nitrogens is 3. The molecule has 6 heteroatoms. The highest BCUT2D eigenvalue weighted by Crippen LogP contribution is 2.24. The lowest BCUT2D eigenvalue weighted by atomic mass is 10.00. The van der Waals surface area contributed by atoms with E-state index in [9.17, 15) is 4.79 Å². The van der Waals surface area contributed by atoms with E-state index >= 15 is 0 Å². The Morgan fingerprint density at radius 2 is 2.05 bits per heavy atom. The molecule has 1 aliphatic heterocycles. The molecule has 1 aromatic carbocycles. The van der Waals surface area contributed by atoms with Crippen LogP contribution in [0.3, 0.4) is 0 Å². The number of aryl methyl sites for hydroxylation is 1. The fourth-order valence-corrected chi connectivity index (χ4v) is 2.77. The van der Waals surface area contributed by atoms with Gasteiger partial charge in [-0.1, -0.05) is 6.92 Å². The zero-order chi connectivity index (χ0) is 15.5. The molecule has 0 amide bonds. The number of hydrogen-bond acceptors (Lipinski definition) is 5. The highest BCUT2D eigenvalue weighted by atomic mass is 16.1. The first kappa shape index (κ1) is 14.6. The normalized spacial score (nSPS) is 18.3. The number of aromatic amines is 1. The van der Waals surface area contributed by atoms with Crippen molar-refractivity contribution in [1.82, 2.24) is 15.2 Å². The van der Waals surface area contributed by atoms with Crippen molar-refractivity contribution >= 4 is 17.3 Å². The summed E-state index contributed by atoms with van der Waals surface area (Å²) >= 11 is 0. The Hall–Kier alpha value is -2.37. The van der Waals surface area contributed by atoms with Gasteiger partial charge in [0.15, 0.2) is 0 Å². The van der Waals surface area contributed by atoms with Gasteiger partial charge in [0.25, 0.3) is 5.56 Å². The SMILES string of the molecule is Cc1nnc(Nc2ccc(N3CCCC(C)C3)cc2)[nH]c1=O. The van der Waals surface area contributed by atoms with Gasteiger partial charge in [0.05, 0.1) is 0 Å². The van der Waals surface area contributed by atoms with Crippen LogP contribution in [0.1, 0.15) is 25.5 Å². The number of anilines is 3. The smallest absolute Gasteiger partial charge is 0.273 e. The summed E-state index contributed by atoms with van der Waals surface area (Å²) < 4.78 is 0. The zero-order valence-corrected chi connectivity index (χ0v) is 13.0. The summed E-state index contributed by atoms with van der Waals surface area (Å²) in [4.78, 5) is 16.6. The number of nitrogens with zero attached hydrogens (tertiary/aromatic N) is 3. The molecule has 2 aromatic rings. The molecule has 2 N–H and O–H groups in total. The van der Waals surface area contributed by atoms with E-state index in [1.807, 2.05) is 12.1 Å². The molecule has 1 fully saturated rings. The van der Waals surface area contributed by atoms with Crippen molar-refractivity contribution < 1.29 is 0 Å². The summed E-state index contributed by atoms with van der Waals surface area (Å²) in [5.74, 6) is 1.11. The Balaban J connectivity index is 1.71. The van der Waals surface area contributed by atoms with Gasteiger partial charge in [0.2, 0.25) is 5.95 Å². The molecule has 3 rings (SSSR count). The molecular formula is C16H21N5O. The topological polar surface area (TPSA) is 73.9 Å². The molecule has 2 heterocycles. The number of rotatable bonds is 3.